The van der Waals surface area contributed by atoms with E-state index < -0.39 is 0 Å². The number of rotatable bonds is 6. The van der Waals surface area contributed by atoms with Crippen LogP contribution in [0.2, 0.25) is 0 Å². The van der Waals surface area contributed by atoms with Gasteiger partial charge in [-0.1, -0.05) is 24.3 Å². The fourth-order valence-corrected chi connectivity index (χ4v) is 2.35. The number of anilines is 1. The number of nitrogens with two attached hydrogens (primary N) is 1. The van der Waals surface area contributed by atoms with Crippen LogP contribution < -0.4 is 15.4 Å². The zero-order chi connectivity index (χ0) is 15.2. The molecule has 1 atom stereocenters. The molecular weight excluding hydrogens is 260 g/mol. The van der Waals surface area contributed by atoms with Gasteiger partial charge in [0.1, 0.15) is 5.75 Å². The molecule has 3 nitrogen and oxygen atoms in total. The van der Waals surface area contributed by atoms with E-state index in [-0.39, 0.29) is 6.04 Å². The van der Waals surface area contributed by atoms with Crippen molar-refractivity contribution in [1.82, 2.24) is 0 Å². The van der Waals surface area contributed by atoms with E-state index in [1.807, 2.05) is 31.2 Å². The standard InChI is InChI=1S/C18H24N2O/c1-4-21-17-10-8-15(9-11-17)18(19)13-20(3)16-7-5-6-14(2)12-16/h5-12,18H,4,13,19H2,1-3H3. The molecule has 0 fully saturated rings. The Hall–Kier alpha value is -2.00. The summed E-state index contributed by atoms with van der Waals surface area (Å²) < 4.78 is 5.45. The second kappa shape index (κ2) is 7.14. The molecule has 3 heteroatoms. The summed E-state index contributed by atoms with van der Waals surface area (Å²) in [6, 6.07) is 16.5. The predicted molar refractivity (Wildman–Crippen MR) is 89.0 cm³/mol. The van der Waals surface area contributed by atoms with Crippen molar-refractivity contribution in [1.29, 1.82) is 0 Å². The minimum absolute atomic E-state index is 0.0220. The van der Waals surface area contributed by atoms with Crippen LogP contribution in [0.25, 0.3) is 0 Å². The fraction of sp³-hybridized carbons (Fsp3) is 0.333. The lowest BCUT2D eigenvalue weighted by atomic mass is 10.1. The number of ether oxygens (including phenoxy) is 1. The first-order chi connectivity index (χ1) is 10.1. The van der Waals surface area contributed by atoms with E-state index in [2.05, 4.69) is 43.1 Å². The van der Waals surface area contributed by atoms with Crippen LogP contribution in [0.15, 0.2) is 48.5 Å². The Morgan fingerprint density at radius 1 is 1.14 bits per heavy atom. The van der Waals surface area contributed by atoms with Gasteiger partial charge >= 0.3 is 0 Å². The Bertz CT molecular complexity index is 566. The van der Waals surface area contributed by atoms with Crippen molar-refractivity contribution in [3.05, 3.63) is 59.7 Å². The van der Waals surface area contributed by atoms with Crippen LogP contribution in [0, 0.1) is 6.92 Å². The van der Waals surface area contributed by atoms with Gasteiger partial charge in [-0.2, -0.15) is 0 Å². The smallest absolute Gasteiger partial charge is 0.119 e. The average molecular weight is 284 g/mol. The molecule has 0 aliphatic carbocycles. The van der Waals surface area contributed by atoms with Crippen molar-refractivity contribution in [2.75, 3.05) is 25.1 Å². The Kier molecular flexibility index (Phi) is 5.23. The van der Waals surface area contributed by atoms with Gasteiger partial charge in [-0.3, -0.25) is 0 Å². The molecule has 0 aromatic heterocycles. The first-order valence-corrected chi connectivity index (χ1v) is 7.36. The third kappa shape index (κ3) is 4.23. The Labute approximate surface area is 127 Å². The summed E-state index contributed by atoms with van der Waals surface area (Å²) in [5, 5.41) is 0. The third-order valence-electron chi connectivity index (χ3n) is 3.53. The number of nitrogens with zero attached hydrogens (tertiary/aromatic N) is 1. The molecule has 0 aliphatic heterocycles. The SMILES string of the molecule is CCOc1ccc(C(N)CN(C)c2cccc(C)c2)cc1. The monoisotopic (exact) mass is 284 g/mol. The maximum absolute atomic E-state index is 6.31. The Morgan fingerprint density at radius 2 is 1.86 bits per heavy atom. The largest absolute Gasteiger partial charge is 0.494 e. The molecule has 0 aliphatic rings. The summed E-state index contributed by atoms with van der Waals surface area (Å²) in [6.45, 7) is 5.54. The van der Waals surface area contributed by atoms with Gasteiger partial charge in [-0.15, -0.1) is 0 Å². The predicted octanol–water partition coefficient (Wildman–Crippen LogP) is 3.53. The minimum atomic E-state index is -0.0220. The van der Waals surface area contributed by atoms with E-state index in [1.54, 1.807) is 0 Å². The molecule has 0 spiro atoms. The van der Waals surface area contributed by atoms with Gasteiger partial charge in [0.25, 0.3) is 0 Å². The number of hydrogen-bond acceptors (Lipinski definition) is 3. The molecule has 2 aromatic carbocycles. The summed E-state index contributed by atoms with van der Waals surface area (Å²) in [7, 11) is 2.07. The number of aryl methyl sites for hydroxylation is 1. The lowest BCUT2D eigenvalue weighted by molar-refractivity contribution is 0.340. The molecule has 2 aromatic rings. The van der Waals surface area contributed by atoms with Crippen LogP contribution in [0.1, 0.15) is 24.1 Å². The molecule has 112 valence electrons. The molecular formula is C18H24N2O. The number of hydrogen-bond donors (Lipinski definition) is 1. The molecule has 0 saturated heterocycles. The van der Waals surface area contributed by atoms with Crippen molar-refractivity contribution in [2.45, 2.75) is 19.9 Å². The van der Waals surface area contributed by atoms with E-state index in [1.165, 1.54) is 11.3 Å². The van der Waals surface area contributed by atoms with E-state index >= 15 is 0 Å². The molecule has 0 heterocycles. The van der Waals surface area contributed by atoms with E-state index in [4.69, 9.17) is 10.5 Å². The summed E-state index contributed by atoms with van der Waals surface area (Å²) >= 11 is 0. The first-order valence-electron chi connectivity index (χ1n) is 7.36. The summed E-state index contributed by atoms with van der Waals surface area (Å²) in [6.07, 6.45) is 0. The topological polar surface area (TPSA) is 38.5 Å². The van der Waals surface area contributed by atoms with Gasteiger partial charge in [0.15, 0.2) is 0 Å². The second-order valence-electron chi connectivity index (χ2n) is 5.33. The average Bonchev–Trinajstić information content (AvgIpc) is 2.48. The van der Waals surface area contributed by atoms with E-state index in [0.717, 1.165) is 17.9 Å². The molecule has 0 amide bonds. The van der Waals surface area contributed by atoms with Crippen LogP contribution in [0.5, 0.6) is 5.75 Å². The maximum Gasteiger partial charge on any atom is 0.119 e. The quantitative estimate of drug-likeness (QED) is 0.882. The normalized spacial score (nSPS) is 12.0. The summed E-state index contributed by atoms with van der Waals surface area (Å²) in [5.41, 5.74) is 9.89. The van der Waals surface area contributed by atoms with Crippen LogP contribution in [-0.4, -0.2) is 20.2 Å². The molecule has 21 heavy (non-hydrogen) atoms. The van der Waals surface area contributed by atoms with Crippen molar-refractivity contribution in [3.8, 4) is 5.75 Å². The first kappa shape index (κ1) is 15.4. The van der Waals surface area contributed by atoms with Gasteiger partial charge in [0.2, 0.25) is 0 Å². The highest BCUT2D eigenvalue weighted by atomic mass is 16.5. The van der Waals surface area contributed by atoms with E-state index in [9.17, 15) is 0 Å². The molecule has 0 bridgehead atoms. The summed E-state index contributed by atoms with van der Waals surface area (Å²) in [4.78, 5) is 2.19. The van der Waals surface area contributed by atoms with Crippen molar-refractivity contribution in [2.24, 2.45) is 5.73 Å². The molecule has 0 saturated carbocycles. The zero-order valence-corrected chi connectivity index (χ0v) is 13.0. The zero-order valence-electron chi connectivity index (χ0n) is 13.0. The van der Waals surface area contributed by atoms with Gasteiger partial charge in [0.05, 0.1) is 6.61 Å². The fourth-order valence-electron chi connectivity index (χ4n) is 2.35. The van der Waals surface area contributed by atoms with E-state index in [0.29, 0.717) is 6.61 Å². The maximum atomic E-state index is 6.31. The highest BCUT2D eigenvalue weighted by Gasteiger charge is 2.10. The van der Waals surface area contributed by atoms with Gasteiger partial charge in [-0.05, 0) is 49.2 Å². The van der Waals surface area contributed by atoms with Crippen molar-refractivity contribution < 1.29 is 4.74 Å². The summed E-state index contributed by atoms with van der Waals surface area (Å²) in [5.74, 6) is 0.889. The highest BCUT2D eigenvalue weighted by Crippen LogP contribution is 2.20. The van der Waals surface area contributed by atoms with Crippen LogP contribution in [-0.2, 0) is 0 Å². The lowest BCUT2D eigenvalue weighted by Crippen LogP contribution is -2.28. The Morgan fingerprint density at radius 3 is 2.48 bits per heavy atom. The minimum Gasteiger partial charge on any atom is -0.494 e. The molecule has 0 radical (unpaired) electrons. The third-order valence-corrected chi connectivity index (χ3v) is 3.53. The number of likely N-dealkylation sites (N-methyl/N-ethyl adjacent to an activating group) is 1. The highest BCUT2D eigenvalue weighted by molar-refractivity contribution is 5.48. The molecule has 2 N–H and O–H groups in total. The van der Waals surface area contributed by atoms with Crippen LogP contribution >= 0.6 is 0 Å². The molecule has 2 rings (SSSR count). The van der Waals surface area contributed by atoms with Gasteiger partial charge in [-0.25, -0.2) is 0 Å². The van der Waals surface area contributed by atoms with Crippen LogP contribution in [0.3, 0.4) is 0 Å². The van der Waals surface area contributed by atoms with Crippen molar-refractivity contribution >= 4 is 5.69 Å². The number of benzene rings is 2. The Balaban J connectivity index is 2.01. The van der Waals surface area contributed by atoms with Crippen LogP contribution in [0.4, 0.5) is 5.69 Å². The second-order valence-corrected chi connectivity index (χ2v) is 5.33. The van der Waals surface area contributed by atoms with Crippen molar-refractivity contribution in [3.63, 3.8) is 0 Å². The molecule has 1 unspecified atom stereocenters. The lowest BCUT2D eigenvalue weighted by Gasteiger charge is -2.24. The van der Waals surface area contributed by atoms with Gasteiger partial charge in [0, 0.05) is 25.3 Å². The van der Waals surface area contributed by atoms with Gasteiger partial charge < -0.3 is 15.4 Å².